The lowest BCUT2D eigenvalue weighted by Gasteiger charge is -2.12. The Labute approximate surface area is 221 Å². The zero-order valence-electron chi connectivity index (χ0n) is 20.8. The van der Waals surface area contributed by atoms with Crippen LogP contribution < -0.4 is 0 Å². The zero-order valence-corrected chi connectivity index (χ0v) is 20.8. The molecule has 1 aromatic heterocycles. The molecule has 0 radical (unpaired) electrons. The van der Waals surface area contributed by atoms with Crippen LogP contribution in [-0.2, 0) is 0 Å². The predicted molar refractivity (Wildman–Crippen MR) is 159 cm³/mol. The third-order valence-corrected chi connectivity index (χ3v) is 7.06. The van der Waals surface area contributed by atoms with E-state index in [9.17, 15) is 0 Å². The minimum Gasteiger partial charge on any atom is -0.244 e. The quantitative estimate of drug-likeness (QED) is 0.249. The highest BCUT2D eigenvalue weighted by Crippen LogP contribution is 2.33. The molecule has 6 aromatic carbocycles. The van der Waals surface area contributed by atoms with Gasteiger partial charge in [0.25, 0.3) is 0 Å². The van der Waals surface area contributed by atoms with Crippen LogP contribution in [0.4, 0.5) is 0 Å². The highest BCUT2D eigenvalue weighted by atomic mass is 14.8. The van der Waals surface area contributed by atoms with Crippen LogP contribution in [0.15, 0.2) is 146 Å². The highest BCUT2D eigenvalue weighted by Gasteiger charge is 2.13. The number of nitrogens with zero attached hydrogens (tertiary/aromatic N) is 2. The lowest BCUT2D eigenvalue weighted by Crippen LogP contribution is -1.95. The first-order valence-electron chi connectivity index (χ1n) is 12.8. The largest absolute Gasteiger partial charge is 0.244 e. The topological polar surface area (TPSA) is 25.8 Å². The number of rotatable bonds is 4. The van der Waals surface area contributed by atoms with E-state index in [-0.39, 0.29) is 0 Å². The Balaban J connectivity index is 1.29. The van der Waals surface area contributed by atoms with E-state index in [2.05, 4.69) is 109 Å². The van der Waals surface area contributed by atoms with Gasteiger partial charge in [-0.1, -0.05) is 127 Å². The van der Waals surface area contributed by atoms with E-state index < -0.39 is 0 Å². The van der Waals surface area contributed by atoms with E-state index >= 15 is 0 Å². The van der Waals surface area contributed by atoms with Gasteiger partial charge in [-0.25, -0.2) is 9.97 Å². The Morgan fingerprint density at radius 3 is 1.39 bits per heavy atom. The first-order chi connectivity index (χ1) is 18.8. The predicted octanol–water partition coefficient (Wildman–Crippen LogP) is 9.45. The minimum atomic E-state index is 0.889. The van der Waals surface area contributed by atoms with Crippen molar-refractivity contribution in [3.63, 3.8) is 0 Å². The third kappa shape index (κ3) is 4.12. The van der Waals surface area contributed by atoms with Crippen molar-refractivity contribution in [2.45, 2.75) is 0 Å². The Hall–Kier alpha value is -5.08. The summed E-state index contributed by atoms with van der Waals surface area (Å²) in [5.41, 5.74) is 10.4. The molecule has 0 bridgehead atoms. The summed E-state index contributed by atoms with van der Waals surface area (Å²) in [6, 6.07) is 50.9. The van der Waals surface area contributed by atoms with Gasteiger partial charge in [0.1, 0.15) is 0 Å². The molecule has 0 aliphatic rings. The summed E-state index contributed by atoms with van der Waals surface area (Å²) < 4.78 is 0. The van der Waals surface area contributed by atoms with Crippen molar-refractivity contribution in [2.24, 2.45) is 0 Å². The average Bonchev–Trinajstić information content (AvgIpc) is 3.01. The average molecular weight is 485 g/mol. The summed E-state index contributed by atoms with van der Waals surface area (Å²) >= 11 is 0. The molecule has 0 N–H and O–H groups in total. The summed E-state index contributed by atoms with van der Waals surface area (Å²) in [5.74, 6) is 0. The monoisotopic (exact) mass is 484 g/mol. The molecular formula is C36H24N2. The van der Waals surface area contributed by atoms with Crippen molar-refractivity contribution < 1.29 is 0 Å². The van der Waals surface area contributed by atoms with Gasteiger partial charge in [0.15, 0.2) is 0 Å². The highest BCUT2D eigenvalue weighted by molar-refractivity contribution is 5.90. The molecule has 0 fully saturated rings. The maximum atomic E-state index is 5.14. The van der Waals surface area contributed by atoms with Gasteiger partial charge in [0.2, 0.25) is 0 Å². The first-order valence-corrected chi connectivity index (χ1v) is 12.8. The molecule has 0 aliphatic heterocycles. The van der Waals surface area contributed by atoms with Gasteiger partial charge in [0, 0.05) is 11.1 Å². The summed E-state index contributed by atoms with van der Waals surface area (Å²) in [4.78, 5) is 10.2. The molecule has 0 atom stereocenters. The zero-order chi connectivity index (χ0) is 25.3. The molecule has 0 aliphatic carbocycles. The molecule has 1 heterocycles. The Bertz CT molecular complexity index is 1890. The summed E-state index contributed by atoms with van der Waals surface area (Å²) in [6.45, 7) is 0. The van der Waals surface area contributed by atoms with Gasteiger partial charge in [-0.15, -0.1) is 0 Å². The van der Waals surface area contributed by atoms with E-state index in [1.807, 2.05) is 36.4 Å². The number of benzene rings is 6. The van der Waals surface area contributed by atoms with Gasteiger partial charge in [-0.3, -0.25) is 0 Å². The fraction of sp³-hybridized carbons (Fsp3) is 0. The van der Waals surface area contributed by atoms with E-state index in [0.29, 0.717) is 0 Å². The molecule has 0 spiro atoms. The molecule has 178 valence electrons. The lowest BCUT2D eigenvalue weighted by molar-refractivity contribution is 1.29. The fourth-order valence-electron chi connectivity index (χ4n) is 5.05. The second-order valence-electron chi connectivity index (χ2n) is 9.50. The first kappa shape index (κ1) is 22.1. The number of hydrogen-bond acceptors (Lipinski definition) is 2. The molecule has 2 heteroatoms. The van der Waals surface area contributed by atoms with Crippen molar-refractivity contribution >= 4 is 21.8 Å². The normalized spacial score (nSPS) is 11.2. The molecule has 7 rings (SSSR count). The number of hydrogen-bond donors (Lipinski definition) is 0. The van der Waals surface area contributed by atoms with Crippen LogP contribution in [0, 0.1) is 0 Å². The summed E-state index contributed by atoms with van der Waals surface area (Å²) in [5, 5.41) is 2.52. The third-order valence-electron chi connectivity index (χ3n) is 7.06. The van der Waals surface area contributed by atoms with Crippen molar-refractivity contribution in [2.75, 3.05) is 0 Å². The van der Waals surface area contributed by atoms with Crippen LogP contribution in [0.3, 0.4) is 0 Å². The summed E-state index contributed by atoms with van der Waals surface area (Å²) in [7, 11) is 0. The minimum absolute atomic E-state index is 0.889. The van der Waals surface area contributed by atoms with Crippen molar-refractivity contribution in [3.8, 4) is 44.8 Å². The van der Waals surface area contributed by atoms with Crippen LogP contribution in [-0.4, -0.2) is 9.97 Å². The maximum Gasteiger partial charge on any atom is 0.0973 e. The van der Waals surface area contributed by atoms with Gasteiger partial charge >= 0.3 is 0 Å². The lowest BCUT2D eigenvalue weighted by atomic mass is 9.98. The molecular weight excluding hydrogens is 460 g/mol. The number of aromatic nitrogens is 2. The van der Waals surface area contributed by atoms with E-state index in [4.69, 9.17) is 9.97 Å². The van der Waals surface area contributed by atoms with Crippen molar-refractivity contribution in [1.29, 1.82) is 0 Å². The SMILES string of the molecule is c1ccc(-c2nc3ccc(-c4ccc(-c5ccc6ccccc6c5)cc4)cc3nc2-c2ccccc2)cc1. The van der Waals surface area contributed by atoms with E-state index in [1.54, 1.807) is 0 Å². The molecule has 0 saturated heterocycles. The second-order valence-corrected chi connectivity index (χ2v) is 9.50. The molecule has 0 amide bonds. The second kappa shape index (κ2) is 9.42. The molecule has 0 unspecified atom stereocenters. The van der Waals surface area contributed by atoms with Crippen LogP contribution in [0.5, 0.6) is 0 Å². The van der Waals surface area contributed by atoms with Crippen LogP contribution in [0.2, 0.25) is 0 Å². The Morgan fingerprint density at radius 2 is 0.763 bits per heavy atom. The van der Waals surface area contributed by atoms with Crippen LogP contribution >= 0.6 is 0 Å². The van der Waals surface area contributed by atoms with Crippen LogP contribution in [0.25, 0.3) is 66.6 Å². The number of fused-ring (bicyclic) bond motifs is 2. The molecule has 38 heavy (non-hydrogen) atoms. The van der Waals surface area contributed by atoms with Crippen molar-refractivity contribution in [3.05, 3.63) is 146 Å². The van der Waals surface area contributed by atoms with Gasteiger partial charge in [-0.05, 0) is 51.2 Å². The standard InChI is InChI=1S/C36H24N2/c1-3-10-28(11-4-1)35-36(29-12-5-2-6-13-29)38-34-24-32(21-22-33(34)37-35)27-17-15-26(16-18-27)31-20-19-25-9-7-8-14-30(25)23-31/h1-24H. The van der Waals surface area contributed by atoms with E-state index in [0.717, 1.165) is 44.7 Å². The Morgan fingerprint density at radius 1 is 0.289 bits per heavy atom. The van der Waals surface area contributed by atoms with Crippen LogP contribution in [0.1, 0.15) is 0 Å². The Kier molecular flexibility index (Phi) is 5.49. The van der Waals surface area contributed by atoms with Gasteiger partial charge in [0.05, 0.1) is 22.4 Å². The molecule has 0 saturated carbocycles. The smallest absolute Gasteiger partial charge is 0.0973 e. The molecule has 7 aromatic rings. The van der Waals surface area contributed by atoms with Crippen molar-refractivity contribution in [1.82, 2.24) is 9.97 Å². The van der Waals surface area contributed by atoms with Gasteiger partial charge < -0.3 is 0 Å². The van der Waals surface area contributed by atoms with Gasteiger partial charge in [-0.2, -0.15) is 0 Å². The molecule has 2 nitrogen and oxygen atoms in total. The van der Waals surface area contributed by atoms with E-state index in [1.165, 1.54) is 21.9 Å². The fourth-order valence-corrected chi connectivity index (χ4v) is 5.05. The maximum absolute atomic E-state index is 5.14. The summed E-state index contributed by atoms with van der Waals surface area (Å²) in [6.07, 6.45) is 0.